The summed E-state index contributed by atoms with van der Waals surface area (Å²) in [5.74, 6) is 0. The summed E-state index contributed by atoms with van der Waals surface area (Å²) in [6.07, 6.45) is 2.15. The van der Waals surface area contributed by atoms with E-state index in [1.165, 1.54) is 13.0 Å². The molecule has 14 heavy (non-hydrogen) atoms. The van der Waals surface area contributed by atoms with Gasteiger partial charge in [0.1, 0.15) is 0 Å². The van der Waals surface area contributed by atoms with Crippen molar-refractivity contribution in [3.63, 3.8) is 0 Å². The van der Waals surface area contributed by atoms with Crippen molar-refractivity contribution in [3.05, 3.63) is 34.2 Å². The predicted molar refractivity (Wildman–Crippen MR) is 52.7 cm³/mol. The highest BCUT2D eigenvalue weighted by molar-refractivity contribution is 7.95. The third kappa shape index (κ3) is 1.04. The Morgan fingerprint density at radius 2 is 2.00 bits per heavy atom. The van der Waals surface area contributed by atoms with Gasteiger partial charge in [-0.25, -0.2) is 8.42 Å². The molecule has 1 aliphatic heterocycles. The van der Waals surface area contributed by atoms with E-state index in [1.54, 1.807) is 18.2 Å². The van der Waals surface area contributed by atoms with Crippen LogP contribution in [0, 0.1) is 0 Å². The molecule has 0 amide bonds. The van der Waals surface area contributed by atoms with E-state index in [0.717, 1.165) is 0 Å². The Morgan fingerprint density at radius 1 is 1.29 bits per heavy atom. The van der Waals surface area contributed by atoms with Gasteiger partial charge in [-0.05, 0) is 18.6 Å². The van der Waals surface area contributed by atoms with E-state index >= 15 is 0 Å². The van der Waals surface area contributed by atoms with E-state index in [1.807, 2.05) is 0 Å². The van der Waals surface area contributed by atoms with Crippen LogP contribution in [0.4, 0.5) is 0 Å². The minimum absolute atomic E-state index is 0.146. The van der Waals surface area contributed by atoms with E-state index in [-0.39, 0.29) is 10.5 Å². The van der Waals surface area contributed by atoms with Crippen LogP contribution in [0.25, 0.3) is 6.08 Å². The number of fused-ring (bicyclic) bond motifs is 1. The van der Waals surface area contributed by atoms with Crippen molar-refractivity contribution in [2.24, 2.45) is 0 Å². The summed E-state index contributed by atoms with van der Waals surface area (Å²) >= 11 is 0. The lowest BCUT2D eigenvalue weighted by molar-refractivity contribution is 0.112. The number of hydrogen-bond acceptors (Lipinski definition) is 3. The van der Waals surface area contributed by atoms with Crippen LogP contribution in [0.2, 0.25) is 0 Å². The van der Waals surface area contributed by atoms with Crippen LogP contribution in [-0.2, 0) is 9.84 Å². The Labute approximate surface area is 82.0 Å². The molecule has 0 aromatic heterocycles. The lowest BCUT2D eigenvalue weighted by Crippen LogP contribution is -2.02. The quantitative estimate of drug-likeness (QED) is 0.659. The van der Waals surface area contributed by atoms with Gasteiger partial charge in [-0.15, -0.1) is 0 Å². The number of benzene rings is 1. The molecule has 1 aliphatic rings. The fourth-order valence-electron chi connectivity index (χ4n) is 1.55. The van der Waals surface area contributed by atoms with E-state index in [9.17, 15) is 13.2 Å². The number of carbonyl (C=O) groups is 1. The number of aldehydes is 1. The highest BCUT2D eigenvalue weighted by Gasteiger charge is 2.28. The van der Waals surface area contributed by atoms with Crippen LogP contribution in [0.15, 0.2) is 28.0 Å². The molecule has 72 valence electrons. The van der Waals surface area contributed by atoms with Crippen molar-refractivity contribution in [3.8, 4) is 0 Å². The fourth-order valence-corrected chi connectivity index (χ4v) is 3.02. The first-order chi connectivity index (χ1) is 6.57. The highest BCUT2D eigenvalue weighted by Crippen LogP contribution is 2.34. The molecule has 0 radical (unpaired) electrons. The van der Waals surface area contributed by atoms with Gasteiger partial charge in [0.05, 0.1) is 4.90 Å². The van der Waals surface area contributed by atoms with Crippen LogP contribution < -0.4 is 0 Å². The molecule has 1 aromatic rings. The van der Waals surface area contributed by atoms with Crippen molar-refractivity contribution in [2.75, 3.05) is 0 Å². The average Bonchev–Trinajstić information content (AvgIpc) is 2.38. The summed E-state index contributed by atoms with van der Waals surface area (Å²) in [4.78, 5) is 11.1. The van der Waals surface area contributed by atoms with Crippen LogP contribution >= 0.6 is 0 Å². The second kappa shape index (κ2) is 2.78. The normalized spacial score (nSPS) is 17.4. The Bertz CT molecular complexity index is 538. The summed E-state index contributed by atoms with van der Waals surface area (Å²) in [6.45, 7) is 1.53. The summed E-state index contributed by atoms with van der Waals surface area (Å²) < 4.78 is 23.5. The first-order valence-electron chi connectivity index (χ1n) is 4.09. The molecule has 0 N–H and O–H groups in total. The fraction of sp³-hybridized carbons (Fsp3) is 0.100. The molecule has 4 heteroatoms. The molecule has 0 bridgehead atoms. The van der Waals surface area contributed by atoms with Crippen molar-refractivity contribution in [1.29, 1.82) is 0 Å². The first kappa shape index (κ1) is 9.15. The zero-order valence-electron chi connectivity index (χ0n) is 7.52. The maximum absolute atomic E-state index is 11.7. The van der Waals surface area contributed by atoms with Gasteiger partial charge in [0, 0.05) is 10.5 Å². The summed E-state index contributed by atoms with van der Waals surface area (Å²) in [7, 11) is -3.40. The summed E-state index contributed by atoms with van der Waals surface area (Å²) in [5, 5.41) is 0. The second-order valence-electron chi connectivity index (χ2n) is 3.14. The van der Waals surface area contributed by atoms with Crippen LogP contribution in [0.1, 0.15) is 22.8 Å². The summed E-state index contributed by atoms with van der Waals surface area (Å²) in [6, 6.07) is 4.87. The van der Waals surface area contributed by atoms with Gasteiger partial charge in [-0.1, -0.05) is 18.2 Å². The van der Waals surface area contributed by atoms with Crippen LogP contribution in [0.5, 0.6) is 0 Å². The molecule has 0 spiro atoms. The molecular formula is C10H8O3S. The third-order valence-electron chi connectivity index (χ3n) is 2.25. The summed E-state index contributed by atoms with van der Waals surface area (Å²) in [5.41, 5.74) is 0.836. The number of hydrogen-bond donors (Lipinski definition) is 0. The number of sulfone groups is 1. The highest BCUT2D eigenvalue weighted by atomic mass is 32.2. The number of rotatable bonds is 1. The largest absolute Gasteiger partial charge is 0.298 e. The lowest BCUT2D eigenvalue weighted by atomic mass is 10.1. The Hall–Kier alpha value is -1.42. The topological polar surface area (TPSA) is 51.2 Å². The van der Waals surface area contributed by atoms with Crippen molar-refractivity contribution >= 4 is 22.2 Å². The predicted octanol–water partition coefficient (Wildman–Crippen LogP) is 1.65. The van der Waals surface area contributed by atoms with E-state index in [4.69, 9.17) is 0 Å². The van der Waals surface area contributed by atoms with Gasteiger partial charge in [0.25, 0.3) is 0 Å². The maximum atomic E-state index is 11.7. The van der Waals surface area contributed by atoms with Gasteiger partial charge in [0.2, 0.25) is 9.84 Å². The molecule has 0 unspecified atom stereocenters. The van der Waals surface area contributed by atoms with Crippen molar-refractivity contribution in [1.82, 2.24) is 0 Å². The average molecular weight is 208 g/mol. The molecular weight excluding hydrogens is 200 g/mol. The molecule has 0 atom stereocenters. The van der Waals surface area contributed by atoms with Crippen LogP contribution in [0.3, 0.4) is 0 Å². The monoisotopic (exact) mass is 208 g/mol. The molecule has 0 fully saturated rings. The SMILES string of the molecule is CC1=Cc2cccc(C=O)c2S1(=O)=O. The maximum Gasteiger partial charge on any atom is 0.203 e. The minimum Gasteiger partial charge on any atom is -0.298 e. The van der Waals surface area contributed by atoms with Gasteiger partial charge in [-0.2, -0.15) is 0 Å². The third-order valence-corrected chi connectivity index (χ3v) is 4.23. The Morgan fingerprint density at radius 3 is 2.64 bits per heavy atom. The zero-order valence-corrected chi connectivity index (χ0v) is 8.34. The molecule has 3 nitrogen and oxygen atoms in total. The smallest absolute Gasteiger partial charge is 0.203 e. The van der Waals surface area contributed by atoms with E-state index in [2.05, 4.69) is 0 Å². The Balaban J connectivity index is 2.87. The zero-order chi connectivity index (χ0) is 10.3. The first-order valence-corrected chi connectivity index (χ1v) is 5.57. The Kier molecular flexibility index (Phi) is 1.82. The number of allylic oxidation sites excluding steroid dienone is 1. The van der Waals surface area contributed by atoms with Gasteiger partial charge in [0.15, 0.2) is 6.29 Å². The van der Waals surface area contributed by atoms with Gasteiger partial charge >= 0.3 is 0 Å². The minimum atomic E-state index is -3.40. The van der Waals surface area contributed by atoms with E-state index in [0.29, 0.717) is 16.8 Å². The van der Waals surface area contributed by atoms with Gasteiger partial charge < -0.3 is 0 Å². The second-order valence-corrected chi connectivity index (χ2v) is 5.20. The molecule has 2 rings (SSSR count). The standard InChI is InChI=1S/C10H8O3S/c1-7-5-8-3-2-4-9(6-11)10(8)14(7,12)13/h2-6H,1H3. The molecule has 0 saturated heterocycles. The van der Waals surface area contributed by atoms with Crippen LogP contribution in [-0.4, -0.2) is 14.7 Å². The van der Waals surface area contributed by atoms with Gasteiger partial charge in [-0.3, -0.25) is 4.79 Å². The number of carbonyl (C=O) groups excluding carboxylic acids is 1. The molecule has 1 heterocycles. The van der Waals surface area contributed by atoms with Crippen molar-refractivity contribution in [2.45, 2.75) is 11.8 Å². The molecule has 1 aromatic carbocycles. The molecule has 0 saturated carbocycles. The van der Waals surface area contributed by atoms with E-state index < -0.39 is 9.84 Å². The molecule has 0 aliphatic carbocycles. The van der Waals surface area contributed by atoms with Crippen molar-refractivity contribution < 1.29 is 13.2 Å². The lowest BCUT2D eigenvalue weighted by Gasteiger charge is -2.01.